The van der Waals surface area contributed by atoms with Crippen molar-refractivity contribution < 1.29 is 24.3 Å². The molecule has 0 bridgehead atoms. The number of rotatable bonds is 17. The van der Waals surface area contributed by atoms with Crippen LogP contribution in [0.5, 0.6) is 0 Å². The van der Waals surface area contributed by atoms with E-state index in [0.717, 1.165) is 5.56 Å². The van der Waals surface area contributed by atoms with E-state index in [1.165, 1.54) is 0 Å². The second-order valence-electron chi connectivity index (χ2n) is 8.04. The first kappa shape index (κ1) is 29.0. The van der Waals surface area contributed by atoms with Crippen molar-refractivity contribution in [3.63, 3.8) is 0 Å². The number of nitrogens with one attached hydrogen (secondary N) is 3. The van der Waals surface area contributed by atoms with Crippen LogP contribution in [0, 0.1) is 0 Å². The summed E-state index contributed by atoms with van der Waals surface area (Å²) >= 11 is 0. The van der Waals surface area contributed by atoms with Crippen LogP contribution in [0.2, 0.25) is 0 Å². The fourth-order valence-corrected chi connectivity index (χ4v) is 3.37. The number of nitrogens with two attached hydrogens (primary N) is 3. The van der Waals surface area contributed by atoms with Crippen molar-refractivity contribution in [1.29, 1.82) is 0 Å². The molecule has 0 spiro atoms. The van der Waals surface area contributed by atoms with E-state index < -0.39 is 41.8 Å². The number of benzene rings is 1. The van der Waals surface area contributed by atoms with Gasteiger partial charge in [-0.15, -0.1) is 0 Å². The van der Waals surface area contributed by atoms with Crippen LogP contribution < -0.4 is 33.2 Å². The summed E-state index contributed by atoms with van der Waals surface area (Å²) in [6.07, 6.45) is 3.16. The van der Waals surface area contributed by atoms with Crippen LogP contribution in [0.4, 0.5) is 0 Å². The van der Waals surface area contributed by atoms with Gasteiger partial charge in [0.1, 0.15) is 18.1 Å². The highest BCUT2D eigenvalue weighted by atomic mass is 16.4. The Kier molecular flexibility index (Phi) is 14.1. The monoisotopic (exact) mass is 478 g/mol. The van der Waals surface area contributed by atoms with E-state index in [1.54, 1.807) is 24.3 Å². The molecule has 0 saturated carbocycles. The van der Waals surface area contributed by atoms with Crippen LogP contribution >= 0.6 is 0 Å². The zero-order chi connectivity index (χ0) is 25.3. The number of unbranched alkanes of at least 4 members (excludes halogenated alkanes) is 2. The van der Waals surface area contributed by atoms with Gasteiger partial charge in [0.15, 0.2) is 0 Å². The molecule has 0 aliphatic rings. The van der Waals surface area contributed by atoms with E-state index in [1.807, 2.05) is 6.07 Å². The van der Waals surface area contributed by atoms with E-state index in [-0.39, 0.29) is 19.4 Å². The lowest BCUT2D eigenvalue weighted by atomic mass is 10.0. The van der Waals surface area contributed by atoms with Gasteiger partial charge in [0.25, 0.3) is 0 Å². The van der Waals surface area contributed by atoms with Gasteiger partial charge in [0.2, 0.25) is 17.7 Å². The third-order valence-electron chi connectivity index (χ3n) is 5.26. The smallest absolute Gasteiger partial charge is 0.326 e. The molecule has 0 saturated heterocycles. The van der Waals surface area contributed by atoms with Gasteiger partial charge in [0.05, 0.1) is 6.54 Å². The third-order valence-corrected chi connectivity index (χ3v) is 5.26. The number of carbonyl (C=O) groups is 4. The predicted molar refractivity (Wildman–Crippen MR) is 128 cm³/mol. The number of carboxylic acids is 1. The van der Waals surface area contributed by atoms with Gasteiger partial charge >= 0.3 is 5.97 Å². The Balaban J connectivity index is 2.93. The second kappa shape index (κ2) is 16.6. The maximum atomic E-state index is 13.0. The number of hydrogen-bond donors (Lipinski definition) is 7. The Bertz CT molecular complexity index is 776. The Morgan fingerprint density at radius 1 is 0.735 bits per heavy atom. The van der Waals surface area contributed by atoms with E-state index in [4.69, 9.17) is 17.2 Å². The summed E-state index contributed by atoms with van der Waals surface area (Å²) in [5, 5.41) is 17.4. The summed E-state index contributed by atoms with van der Waals surface area (Å²) in [6.45, 7) is 0.588. The summed E-state index contributed by atoms with van der Waals surface area (Å²) < 4.78 is 0. The molecule has 10 N–H and O–H groups in total. The first-order valence-corrected chi connectivity index (χ1v) is 11.6. The van der Waals surface area contributed by atoms with Crippen LogP contribution in [-0.2, 0) is 25.6 Å². The van der Waals surface area contributed by atoms with E-state index >= 15 is 0 Å². The summed E-state index contributed by atoms with van der Waals surface area (Å²) in [5.74, 6) is -2.83. The lowest BCUT2D eigenvalue weighted by molar-refractivity contribution is -0.142. The van der Waals surface area contributed by atoms with Crippen LogP contribution in [-0.4, -0.2) is 66.6 Å². The van der Waals surface area contributed by atoms with Crippen molar-refractivity contribution in [1.82, 2.24) is 16.0 Å². The van der Waals surface area contributed by atoms with Gasteiger partial charge in [-0.25, -0.2) is 4.79 Å². The summed E-state index contributed by atoms with van der Waals surface area (Å²) in [7, 11) is 0. The fourth-order valence-electron chi connectivity index (χ4n) is 3.37. The minimum Gasteiger partial charge on any atom is -0.480 e. The molecule has 0 aromatic heterocycles. The Morgan fingerprint density at radius 2 is 1.24 bits per heavy atom. The summed E-state index contributed by atoms with van der Waals surface area (Å²) in [6, 6.07) is 5.90. The van der Waals surface area contributed by atoms with Crippen molar-refractivity contribution >= 4 is 23.7 Å². The van der Waals surface area contributed by atoms with Crippen LogP contribution in [0.1, 0.15) is 44.1 Å². The van der Waals surface area contributed by atoms with Crippen molar-refractivity contribution in [2.75, 3.05) is 19.6 Å². The number of aliphatic carboxylic acids is 1. The molecule has 0 aliphatic heterocycles. The van der Waals surface area contributed by atoms with Gasteiger partial charge in [-0.1, -0.05) is 30.3 Å². The molecule has 11 heteroatoms. The molecule has 1 rings (SSSR count). The fraction of sp³-hybridized carbons (Fsp3) is 0.565. The molecule has 34 heavy (non-hydrogen) atoms. The maximum Gasteiger partial charge on any atom is 0.326 e. The molecule has 1 aromatic rings. The van der Waals surface area contributed by atoms with Crippen LogP contribution in [0.3, 0.4) is 0 Å². The minimum atomic E-state index is -1.18. The van der Waals surface area contributed by atoms with E-state index in [9.17, 15) is 24.3 Å². The first-order valence-electron chi connectivity index (χ1n) is 11.6. The van der Waals surface area contributed by atoms with Crippen molar-refractivity contribution in [3.05, 3.63) is 35.9 Å². The maximum absolute atomic E-state index is 13.0. The van der Waals surface area contributed by atoms with Crippen molar-refractivity contribution in [2.24, 2.45) is 17.2 Å². The Hall–Kier alpha value is -3.02. The van der Waals surface area contributed by atoms with E-state index in [0.29, 0.717) is 45.2 Å². The lowest BCUT2D eigenvalue weighted by Gasteiger charge is -2.24. The standard InChI is InChI=1S/C23H38N6O5/c24-12-6-4-10-17(27-20(30)15-26)21(31)28-18(11-5-7-13-25)22(32)29-19(23(33)34)14-16-8-2-1-3-9-16/h1-3,8-9,17-19H,4-7,10-15,24-26H2,(H,27,30)(H,28,31)(H,29,32)(H,33,34). The number of amides is 3. The molecule has 190 valence electrons. The molecule has 3 atom stereocenters. The molecule has 0 heterocycles. The second-order valence-corrected chi connectivity index (χ2v) is 8.04. The average Bonchev–Trinajstić information content (AvgIpc) is 2.82. The van der Waals surface area contributed by atoms with Crippen LogP contribution in [0.25, 0.3) is 0 Å². The highest BCUT2D eigenvalue weighted by Gasteiger charge is 2.29. The number of carbonyl (C=O) groups excluding carboxylic acids is 3. The minimum absolute atomic E-state index is 0.0969. The number of carboxylic acid groups (broad SMARTS) is 1. The molecule has 0 radical (unpaired) electrons. The average molecular weight is 479 g/mol. The molecule has 3 amide bonds. The topological polar surface area (TPSA) is 203 Å². The van der Waals surface area contributed by atoms with Crippen molar-refractivity contribution in [3.8, 4) is 0 Å². The zero-order valence-electron chi connectivity index (χ0n) is 19.5. The molecular formula is C23H38N6O5. The van der Waals surface area contributed by atoms with Crippen LogP contribution in [0.15, 0.2) is 30.3 Å². The Labute approximate surface area is 200 Å². The molecular weight excluding hydrogens is 440 g/mol. The largest absolute Gasteiger partial charge is 0.480 e. The molecule has 3 unspecified atom stereocenters. The quantitative estimate of drug-likeness (QED) is 0.138. The van der Waals surface area contributed by atoms with E-state index in [2.05, 4.69) is 16.0 Å². The van der Waals surface area contributed by atoms with Gasteiger partial charge in [-0.05, 0) is 57.2 Å². The highest BCUT2D eigenvalue weighted by molar-refractivity contribution is 5.93. The Morgan fingerprint density at radius 3 is 1.71 bits per heavy atom. The third kappa shape index (κ3) is 11.2. The lowest BCUT2D eigenvalue weighted by Crippen LogP contribution is -2.56. The van der Waals surface area contributed by atoms with Gasteiger partial charge < -0.3 is 38.3 Å². The highest BCUT2D eigenvalue weighted by Crippen LogP contribution is 2.08. The molecule has 1 aromatic carbocycles. The zero-order valence-corrected chi connectivity index (χ0v) is 19.5. The number of hydrogen-bond acceptors (Lipinski definition) is 7. The molecule has 11 nitrogen and oxygen atoms in total. The SMILES string of the molecule is NCCCCC(NC(=O)CN)C(=O)NC(CCCCN)C(=O)NC(Cc1ccccc1)C(=O)O. The molecule has 0 fully saturated rings. The molecule has 0 aliphatic carbocycles. The summed E-state index contributed by atoms with van der Waals surface area (Å²) in [4.78, 5) is 49.5. The van der Waals surface area contributed by atoms with Gasteiger partial charge in [-0.2, -0.15) is 0 Å². The van der Waals surface area contributed by atoms with Gasteiger partial charge in [-0.3, -0.25) is 14.4 Å². The normalized spacial score (nSPS) is 13.4. The summed E-state index contributed by atoms with van der Waals surface area (Å²) in [5.41, 5.74) is 17.2. The first-order chi connectivity index (χ1) is 16.3. The van der Waals surface area contributed by atoms with Crippen molar-refractivity contribution in [2.45, 2.75) is 63.1 Å². The van der Waals surface area contributed by atoms with Gasteiger partial charge in [0, 0.05) is 6.42 Å². The predicted octanol–water partition coefficient (Wildman–Crippen LogP) is -1.02.